The molecular formula is C34H35N3O5. The van der Waals surface area contributed by atoms with Gasteiger partial charge in [-0.2, -0.15) is 0 Å². The van der Waals surface area contributed by atoms with Crippen molar-refractivity contribution in [3.63, 3.8) is 0 Å². The van der Waals surface area contributed by atoms with Gasteiger partial charge in [-0.1, -0.05) is 72.8 Å². The van der Waals surface area contributed by atoms with E-state index in [1.165, 1.54) is 0 Å². The van der Waals surface area contributed by atoms with E-state index >= 15 is 0 Å². The molecule has 1 unspecified atom stereocenters. The number of benzene rings is 4. The second kappa shape index (κ2) is 14.6. The zero-order chi connectivity index (χ0) is 29.9. The number of carboxylic acids is 1. The largest absolute Gasteiger partial charge is 0.508 e. The van der Waals surface area contributed by atoms with E-state index in [0.29, 0.717) is 36.9 Å². The fourth-order valence-corrected chi connectivity index (χ4v) is 4.65. The van der Waals surface area contributed by atoms with Crippen LogP contribution < -0.4 is 16.4 Å². The van der Waals surface area contributed by atoms with Gasteiger partial charge in [-0.25, -0.2) is 4.79 Å². The summed E-state index contributed by atoms with van der Waals surface area (Å²) in [5, 5.41) is 24.9. The molecule has 0 aliphatic carbocycles. The van der Waals surface area contributed by atoms with Gasteiger partial charge in [0.2, 0.25) is 5.91 Å². The first-order valence-corrected chi connectivity index (χ1v) is 13.9. The Morgan fingerprint density at radius 3 is 2.00 bits per heavy atom. The maximum Gasteiger partial charge on any atom is 0.326 e. The van der Waals surface area contributed by atoms with E-state index in [-0.39, 0.29) is 23.6 Å². The van der Waals surface area contributed by atoms with Crippen LogP contribution in [0.4, 0.5) is 5.69 Å². The lowest BCUT2D eigenvalue weighted by atomic mass is 9.99. The van der Waals surface area contributed by atoms with Crippen molar-refractivity contribution in [1.29, 1.82) is 0 Å². The third-order valence-electron chi connectivity index (χ3n) is 7.05. The molecule has 0 saturated carbocycles. The molecule has 0 aromatic heterocycles. The monoisotopic (exact) mass is 565 g/mol. The molecule has 0 aliphatic rings. The molecular weight excluding hydrogens is 530 g/mol. The first-order chi connectivity index (χ1) is 20.3. The Morgan fingerprint density at radius 1 is 0.738 bits per heavy atom. The van der Waals surface area contributed by atoms with Gasteiger partial charge < -0.3 is 26.6 Å². The molecule has 216 valence electrons. The normalized spacial score (nSPS) is 12.2. The summed E-state index contributed by atoms with van der Waals surface area (Å²) in [4.78, 5) is 38.1. The fourth-order valence-electron chi connectivity index (χ4n) is 4.65. The average Bonchev–Trinajstić information content (AvgIpc) is 3.00. The Bertz CT molecular complexity index is 1490. The number of phenolic OH excluding ortho intramolecular Hbond substituents is 1. The van der Waals surface area contributed by atoms with Crippen LogP contribution in [0, 0.1) is 0 Å². The van der Waals surface area contributed by atoms with Gasteiger partial charge in [0, 0.05) is 11.3 Å². The highest BCUT2D eigenvalue weighted by molar-refractivity contribution is 5.99. The van der Waals surface area contributed by atoms with Crippen LogP contribution in [-0.2, 0) is 35.3 Å². The van der Waals surface area contributed by atoms with Gasteiger partial charge in [0.25, 0.3) is 5.91 Å². The van der Waals surface area contributed by atoms with E-state index in [0.717, 1.165) is 16.7 Å². The topological polar surface area (TPSA) is 142 Å². The molecule has 2 atom stereocenters. The van der Waals surface area contributed by atoms with Crippen molar-refractivity contribution in [2.45, 2.75) is 44.2 Å². The highest BCUT2D eigenvalue weighted by Gasteiger charge is 2.22. The first kappa shape index (κ1) is 30.0. The van der Waals surface area contributed by atoms with Crippen LogP contribution in [0.1, 0.15) is 39.0 Å². The minimum atomic E-state index is -1.11. The molecule has 0 aliphatic heterocycles. The van der Waals surface area contributed by atoms with Gasteiger partial charge in [0.15, 0.2) is 0 Å². The van der Waals surface area contributed by atoms with Crippen molar-refractivity contribution >= 4 is 23.5 Å². The summed E-state index contributed by atoms with van der Waals surface area (Å²) >= 11 is 0. The highest BCUT2D eigenvalue weighted by Crippen LogP contribution is 2.22. The standard InChI is InChI=1S/C34H35N3O5/c35-29(21-25-9-5-2-6-10-25)33(40)36-30-20-16-27(22-26(30)15-11-24-12-17-28(38)18-13-24)32(39)37-31(34(41)42)19-14-23-7-3-1-4-8-23/h1-10,12-13,16-18,20,22,29,31,38H,11,14-15,19,21,35H2,(H,36,40)(H,37,39)(H,41,42)/t29-,31?/m0/s1. The van der Waals surface area contributed by atoms with E-state index in [1.54, 1.807) is 30.3 Å². The molecule has 0 radical (unpaired) electrons. The first-order valence-electron chi connectivity index (χ1n) is 13.9. The van der Waals surface area contributed by atoms with Crippen LogP contribution in [0.5, 0.6) is 5.75 Å². The Morgan fingerprint density at radius 2 is 1.36 bits per heavy atom. The number of rotatable bonds is 13. The van der Waals surface area contributed by atoms with Gasteiger partial charge in [-0.3, -0.25) is 9.59 Å². The van der Waals surface area contributed by atoms with Crippen molar-refractivity contribution in [1.82, 2.24) is 5.32 Å². The van der Waals surface area contributed by atoms with E-state index < -0.39 is 24.0 Å². The third kappa shape index (κ3) is 8.78. The predicted molar refractivity (Wildman–Crippen MR) is 162 cm³/mol. The van der Waals surface area contributed by atoms with E-state index in [1.807, 2.05) is 72.8 Å². The molecule has 0 bridgehead atoms. The quantitative estimate of drug-likeness (QED) is 0.162. The van der Waals surface area contributed by atoms with E-state index in [4.69, 9.17) is 5.73 Å². The lowest BCUT2D eigenvalue weighted by Crippen LogP contribution is -2.41. The smallest absolute Gasteiger partial charge is 0.326 e. The summed E-state index contributed by atoms with van der Waals surface area (Å²) in [5.41, 5.74) is 10.6. The number of anilines is 1. The number of carbonyl (C=O) groups is 3. The Labute approximate surface area is 245 Å². The SMILES string of the molecule is N[C@@H](Cc1ccccc1)C(=O)Nc1ccc(C(=O)NC(CCc2ccccc2)C(=O)O)cc1CCc1ccc(O)cc1. The molecule has 0 fully saturated rings. The summed E-state index contributed by atoms with van der Waals surface area (Å²) in [6.07, 6.45) is 2.18. The molecule has 0 heterocycles. The molecule has 8 heteroatoms. The van der Waals surface area contributed by atoms with Crippen molar-refractivity contribution in [3.8, 4) is 5.75 Å². The van der Waals surface area contributed by atoms with Crippen LogP contribution in [0.15, 0.2) is 103 Å². The van der Waals surface area contributed by atoms with Crippen molar-refractivity contribution in [2.24, 2.45) is 5.73 Å². The molecule has 4 aromatic rings. The summed E-state index contributed by atoms with van der Waals surface area (Å²) in [6, 6.07) is 28.9. The fraction of sp³-hybridized carbons (Fsp3) is 0.206. The summed E-state index contributed by atoms with van der Waals surface area (Å²) in [5.74, 6) is -1.81. The minimum absolute atomic E-state index is 0.165. The number of hydrogen-bond donors (Lipinski definition) is 5. The van der Waals surface area contributed by atoms with Crippen LogP contribution in [0.25, 0.3) is 0 Å². The molecule has 0 spiro atoms. The van der Waals surface area contributed by atoms with Gasteiger partial charge in [-0.05, 0) is 84.7 Å². The van der Waals surface area contributed by atoms with Gasteiger partial charge >= 0.3 is 5.97 Å². The number of nitrogens with one attached hydrogen (secondary N) is 2. The molecule has 0 saturated heterocycles. The maximum atomic E-state index is 13.2. The Kier molecular flexibility index (Phi) is 10.4. The number of aliphatic carboxylic acids is 1. The molecule has 4 rings (SSSR count). The molecule has 4 aromatic carbocycles. The minimum Gasteiger partial charge on any atom is -0.508 e. The van der Waals surface area contributed by atoms with Crippen molar-refractivity contribution < 1.29 is 24.6 Å². The van der Waals surface area contributed by atoms with Crippen LogP contribution in [0.2, 0.25) is 0 Å². The van der Waals surface area contributed by atoms with Gasteiger partial charge in [0.05, 0.1) is 6.04 Å². The zero-order valence-corrected chi connectivity index (χ0v) is 23.2. The number of phenols is 1. The Balaban J connectivity index is 1.50. The van der Waals surface area contributed by atoms with Crippen molar-refractivity contribution in [2.75, 3.05) is 5.32 Å². The second-order valence-corrected chi connectivity index (χ2v) is 10.2. The van der Waals surface area contributed by atoms with Crippen LogP contribution >= 0.6 is 0 Å². The maximum absolute atomic E-state index is 13.2. The lowest BCUT2D eigenvalue weighted by molar-refractivity contribution is -0.139. The van der Waals surface area contributed by atoms with E-state index in [9.17, 15) is 24.6 Å². The number of amides is 2. The Hall–Kier alpha value is -4.95. The lowest BCUT2D eigenvalue weighted by Gasteiger charge is -2.18. The predicted octanol–water partition coefficient (Wildman–Crippen LogP) is 4.50. The summed E-state index contributed by atoms with van der Waals surface area (Å²) < 4.78 is 0. The number of carbonyl (C=O) groups excluding carboxylic acids is 2. The molecule has 42 heavy (non-hydrogen) atoms. The van der Waals surface area contributed by atoms with Crippen molar-refractivity contribution in [3.05, 3.63) is 131 Å². The number of carboxylic acid groups (broad SMARTS) is 1. The number of aromatic hydroxyl groups is 1. The number of aryl methyl sites for hydroxylation is 3. The van der Waals surface area contributed by atoms with Gasteiger partial charge in [-0.15, -0.1) is 0 Å². The number of hydrogen-bond acceptors (Lipinski definition) is 5. The highest BCUT2D eigenvalue weighted by atomic mass is 16.4. The molecule has 2 amide bonds. The zero-order valence-electron chi connectivity index (χ0n) is 23.2. The van der Waals surface area contributed by atoms with Crippen LogP contribution in [0.3, 0.4) is 0 Å². The van der Waals surface area contributed by atoms with Gasteiger partial charge in [0.1, 0.15) is 11.8 Å². The number of nitrogens with two attached hydrogens (primary N) is 1. The summed E-state index contributed by atoms with van der Waals surface area (Å²) in [6.45, 7) is 0. The van der Waals surface area contributed by atoms with Crippen LogP contribution in [-0.4, -0.2) is 40.1 Å². The summed E-state index contributed by atoms with van der Waals surface area (Å²) in [7, 11) is 0. The third-order valence-corrected chi connectivity index (χ3v) is 7.05. The average molecular weight is 566 g/mol. The molecule has 6 N–H and O–H groups in total. The van der Waals surface area contributed by atoms with E-state index in [2.05, 4.69) is 10.6 Å². The molecule has 8 nitrogen and oxygen atoms in total. The second-order valence-electron chi connectivity index (χ2n) is 10.2.